The fraction of sp³-hybridized carbons (Fsp3) is 0.250. The summed E-state index contributed by atoms with van der Waals surface area (Å²) in [5, 5.41) is 9.50. The van der Waals surface area contributed by atoms with Gasteiger partial charge in [-0.05, 0) is 28.5 Å². The predicted molar refractivity (Wildman–Crippen MR) is 90.4 cm³/mol. The van der Waals surface area contributed by atoms with Crippen molar-refractivity contribution in [2.24, 2.45) is 0 Å². The van der Waals surface area contributed by atoms with Gasteiger partial charge in [0.1, 0.15) is 6.10 Å². The van der Waals surface area contributed by atoms with E-state index in [-0.39, 0.29) is 6.54 Å². The van der Waals surface area contributed by atoms with Crippen molar-refractivity contribution < 1.29 is 14.3 Å². The summed E-state index contributed by atoms with van der Waals surface area (Å²) in [5.41, 5.74) is 1.72. The highest BCUT2D eigenvalue weighted by Gasteiger charge is 2.18. The molecular weight excluding hydrogens is 336 g/mol. The zero-order valence-electron chi connectivity index (χ0n) is 12.5. The third-order valence-electron chi connectivity index (χ3n) is 3.22. The molecule has 7 heteroatoms. The molecule has 1 aromatic heterocycles. The minimum Gasteiger partial charge on any atom is -0.375 e. The number of halogens is 1. The molecule has 5 nitrogen and oxygen atoms in total. The number of rotatable bonds is 6. The van der Waals surface area contributed by atoms with Crippen LogP contribution in [0.4, 0.5) is 0 Å². The third-order valence-corrected chi connectivity index (χ3v) is 4.30. The van der Waals surface area contributed by atoms with Crippen LogP contribution in [0.5, 0.6) is 0 Å². The summed E-state index contributed by atoms with van der Waals surface area (Å²) in [5.74, 6) is -1.38. The third kappa shape index (κ3) is 5.06. The number of nitrogens with one attached hydrogen (secondary N) is 2. The van der Waals surface area contributed by atoms with Gasteiger partial charge in [0.15, 0.2) is 0 Å². The van der Waals surface area contributed by atoms with Gasteiger partial charge in [0.05, 0.1) is 0 Å². The maximum absolute atomic E-state index is 11.8. The summed E-state index contributed by atoms with van der Waals surface area (Å²) in [7, 11) is 1.52. The van der Waals surface area contributed by atoms with Crippen LogP contribution in [0.2, 0.25) is 5.02 Å². The van der Waals surface area contributed by atoms with Crippen molar-refractivity contribution in [3.8, 4) is 0 Å². The van der Waals surface area contributed by atoms with Crippen LogP contribution in [0.3, 0.4) is 0 Å². The van der Waals surface area contributed by atoms with Crippen LogP contribution in [-0.2, 0) is 20.9 Å². The zero-order chi connectivity index (χ0) is 16.7. The molecule has 2 aromatic rings. The predicted octanol–water partition coefficient (Wildman–Crippen LogP) is 2.52. The first-order chi connectivity index (χ1) is 11.1. The van der Waals surface area contributed by atoms with Gasteiger partial charge < -0.3 is 15.4 Å². The van der Waals surface area contributed by atoms with Crippen molar-refractivity contribution in [1.29, 1.82) is 0 Å². The van der Waals surface area contributed by atoms with Gasteiger partial charge in [-0.15, -0.1) is 0 Å². The first-order valence-corrected chi connectivity index (χ1v) is 8.28. The van der Waals surface area contributed by atoms with Gasteiger partial charge in [0, 0.05) is 30.8 Å². The number of amides is 2. The van der Waals surface area contributed by atoms with E-state index < -0.39 is 17.9 Å². The number of carbonyl (C=O) groups is 2. The van der Waals surface area contributed by atoms with Crippen LogP contribution in [-0.4, -0.2) is 25.5 Å². The van der Waals surface area contributed by atoms with E-state index in [1.54, 1.807) is 6.07 Å². The largest absolute Gasteiger partial charge is 0.375 e. The van der Waals surface area contributed by atoms with E-state index in [2.05, 4.69) is 10.6 Å². The Bertz CT molecular complexity index is 661. The molecule has 2 amide bonds. The fourth-order valence-corrected chi connectivity index (χ4v) is 2.90. The Morgan fingerprint density at radius 1 is 1.22 bits per heavy atom. The number of methoxy groups -OCH3 is 1. The normalized spacial score (nSPS) is 11.7. The van der Waals surface area contributed by atoms with Crippen molar-refractivity contribution in [2.75, 3.05) is 13.7 Å². The molecule has 0 bridgehead atoms. The maximum atomic E-state index is 11.8. The van der Waals surface area contributed by atoms with Crippen molar-refractivity contribution >= 4 is 34.8 Å². The lowest BCUT2D eigenvalue weighted by Crippen LogP contribution is -2.41. The monoisotopic (exact) mass is 352 g/mol. The number of hydrogen-bond donors (Lipinski definition) is 2. The van der Waals surface area contributed by atoms with Gasteiger partial charge in [0.25, 0.3) is 0 Å². The summed E-state index contributed by atoms with van der Waals surface area (Å²) >= 11 is 7.65. The second-order valence-electron chi connectivity index (χ2n) is 4.77. The van der Waals surface area contributed by atoms with Crippen LogP contribution in [0.15, 0.2) is 41.1 Å². The Morgan fingerprint density at radius 3 is 2.61 bits per heavy atom. The molecule has 0 fully saturated rings. The smallest absolute Gasteiger partial charge is 0.309 e. The van der Waals surface area contributed by atoms with Crippen molar-refractivity contribution in [3.05, 3.63) is 57.2 Å². The molecular formula is C16H17ClN2O3S. The lowest BCUT2D eigenvalue weighted by atomic mass is 10.1. The molecule has 0 aliphatic carbocycles. The molecule has 2 N–H and O–H groups in total. The maximum Gasteiger partial charge on any atom is 0.309 e. The number of ether oxygens (including phenoxy) is 1. The Hall–Kier alpha value is -1.89. The Morgan fingerprint density at radius 2 is 1.96 bits per heavy atom. The minimum absolute atomic E-state index is 0.158. The molecule has 0 aliphatic heterocycles. The van der Waals surface area contributed by atoms with E-state index in [0.717, 1.165) is 11.1 Å². The number of thiophene rings is 1. The highest BCUT2D eigenvalue weighted by atomic mass is 35.5. The Balaban J connectivity index is 1.84. The number of hydrogen-bond acceptors (Lipinski definition) is 4. The van der Waals surface area contributed by atoms with Crippen LogP contribution >= 0.6 is 22.9 Å². The molecule has 1 heterocycles. The summed E-state index contributed by atoms with van der Waals surface area (Å²) in [4.78, 5) is 23.6. The van der Waals surface area contributed by atoms with Gasteiger partial charge >= 0.3 is 11.8 Å². The molecule has 0 aliphatic rings. The van der Waals surface area contributed by atoms with E-state index in [9.17, 15) is 9.59 Å². The van der Waals surface area contributed by atoms with E-state index >= 15 is 0 Å². The zero-order valence-corrected chi connectivity index (χ0v) is 14.1. The number of benzene rings is 1. The Kier molecular flexibility index (Phi) is 6.58. The first kappa shape index (κ1) is 17.5. The lowest BCUT2D eigenvalue weighted by molar-refractivity contribution is -0.139. The van der Waals surface area contributed by atoms with E-state index in [4.69, 9.17) is 16.3 Å². The fourth-order valence-electron chi connectivity index (χ4n) is 1.98. The van der Waals surface area contributed by atoms with E-state index in [1.807, 2.05) is 35.0 Å². The molecule has 0 radical (unpaired) electrons. The lowest BCUT2D eigenvalue weighted by Gasteiger charge is -2.17. The van der Waals surface area contributed by atoms with Gasteiger partial charge in [0.2, 0.25) is 0 Å². The van der Waals surface area contributed by atoms with Crippen LogP contribution < -0.4 is 10.6 Å². The molecule has 0 spiro atoms. The SMILES string of the molecule is COC(CNC(=O)C(=O)NCc1ccsc1)c1ccccc1Cl. The molecule has 122 valence electrons. The van der Waals surface area contributed by atoms with Crippen LogP contribution in [0.1, 0.15) is 17.2 Å². The van der Waals surface area contributed by atoms with Crippen LogP contribution in [0, 0.1) is 0 Å². The first-order valence-electron chi connectivity index (χ1n) is 6.96. The molecule has 1 aromatic carbocycles. The molecule has 0 saturated heterocycles. The topological polar surface area (TPSA) is 67.4 Å². The van der Waals surface area contributed by atoms with E-state index in [0.29, 0.717) is 11.6 Å². The molecule has 1 unspecified atom stereocenters. The second kappa shape index (κ2) is 8.67. The highest BCUT2D eigenvalue weighted by Crippen LogP contribution is 2.24. The van der Waals surface area contributed by atoms with Gasteiger partial charge in [-0.3, -0.25) is 9.59 Å². The molecule has 23 heavy (non-hydrogen) atoms. The van der Waals surface area contributed by atoms with E-state index in [1.165, 1.54) is 18.4 Å². The molecule has 1 atom stereocenters. The second-order valence-corrected chi connectivity index (χ2v) is 5.96. The van der Waals surface area contributed by atoms with Gasteiger partial charge in [-0.2, -0.15) is 11.3 Å². The Labute approximate surface area is 143 Å². The summed E-state index contributed by atoms with van der Waals surface area (Å²) in [6.07, 6.45) is -0.419. The van der Waals surface area contributed by atoms with Crippen molar-refractivity contribution in [3.63, 3.8) is 0 Å². The minimum atomic E-state index is -0.700. The number of carbonyl (C=O) groups excluding carboxylic acids is 2. The average molecular weight is 353 g/mol. The molecule has 0 saturated carbocycles. The summed E-state index contributed by atoms with van der Waals surface area (Å²) in [6, 6.07) is 9.11. The highest BCUT2D eigenvalue weighted by molar-refractivity contribution is 7.07. The molecule has 2 rings (SSSR count). The average Bonchev–Trinajstić information content (AvgIpc) is 3.07. The van der Waals surface area contributed by atoms with Gasteiger partial charge in [-0.1, -0.05) is 29.8 Å². The van der Waals surface area contributed by atoms with Gasteiger partial charge in [-0.25, -0.2) is 0 Å². The van der Waals surface area contributed by atoms with Crippen molar-refractivity contribution in [2.45, 2.75) is 12.6 Å². The summed E-state index contributed by atoms with van der Waals surface area (Å²) in [6.45, 7) is 0.485. The quantitative estimate of drug-likeness (QED) is 0.785. The van der Waals surface area contributed by atoms with Crippen LogP contribution in [0.25, 0.3) is 0 Å². The summed E-state index contributed by atoms with van der Waals surface area (Å²) < 4.78 is 5.34. The standard InChI is InChI=1S/C16H17ClN2O3S/c1-22-14(12-4-2-3-5-13(12)17)9-19-16(21)15(20)18-8-11-6-7-23-10-11/h2-7,10,14H,8-9H2,1H3,(H,18,20)(H,19,21). The van der Waals surface area contributed by atoms with Crippen molar-refractivity contribution in [1.82, 2.24) is 10.6 Å².